The van der Waals surface area contributed by atoms with Gasteiger partial charge in [-0.3, -0.25) is 0 Å². The summed E-state index contributed by atoms with van der Waals surface area (Å²) < 4.78 is 0.699. The average Bonchev–Trinajstić information content (AvgIpc) is 2.90. The number of benzene rings is 1. The second-order valence-corrected chi connectivity index (χ2v) is 4.46. The van der Waals surface area contributed by atoms with Gasteiger partial charge in [0.25, 0.3) is 0 Å². The molecule has 3 heteroatoms. The molecule has 0 saturated heterocycles. The molecule has 1 aliphatic carbocycles. The number of aliphatic hydroxyl groups is 1. The van der Waals surface area contributed by atoms with Crippen LogP contribution in [0.5, 0.6) is 5.75 Å². The molecular formula is C10H11BrO2. The molecule has 13 heavy (non-hydrogen) atoms. The van der Waals surface area contributed by atoms with Crippen molar-refractivity contribution in [1.29, 1.82) is 0 Å². The van der Waals surface area contributed by atoms with Crippen LogP contribution >= 0.6 is 15.9 Å². The maximum atomic E-state index is 9.29. The van der Waals surface area contributed by atoms with Crippen molar-refractivity contribution in [2.24, 2.45) is 0 Å². The van der Waals surface area contributed by atoms with Gasteiger partial charge >= 0.3 is 0 Å². The van der Waals surface area contributed by atoms with Gasteiger partial charge in [-0.25, -0.2) is 0 Å². The van der Waals surface area contributed by atoms with Crippen molar-refractivity contribution < 1.29 is 10.2 Å². The molecule has 0 aliphatic heterocycles. The third kappa shape index (κ3) is 1.46. The summed E-state index contributed by atoms with van der Waals surface area (Å²) >= 11 is 3.26. The van der Waals surface area contributed by atoms with Crippen molar-refractivity contribution in [3.05, 3.63) is 28.2 Å². The van der Waals surface area contributed by atoms with Gasteiger partial charge in [0.05, 0.1) is 11.1 Å². The van der Waals surface area contributed by atoms with E-state index in [4.69, 9.17) is 0 Å². The molecule has 0 bridgehead atoms. The summed E-state index contributed by atoms with van der Waals surface area (Å²) in [5, 5.41) is 18.5. The summed E-state index contributed by atoms with van der Waals surface area (Å²) in [6, 6.07) is 5.43. The first-order valence-corrected chi connectivity index (χ1v) is 5.07. The molecule has 0 amide bonds. The topological polar surface area (TPSA) is 40.5 Å². The molecule has 1 saturated carbocycles. The second kappa shape index (κ2) is 3.00. The lowest BCUT2D eigenvalue weighted by Gasteiger charge is -2.12. The van der Waals surface area contributed by atoms with Crippen LogP contribution in [-0.4, -0.2) is 16.8 Å². The van der Waals surface area contributed by atoms with Gasteiger partial charge in [-0.1, -0.05) is 6.07 Å². The highest BCUT2D eigenvalue weighted by molar-refractivity contribution is 9.10. The van der Waals surface area contributed by atoms with Gasteiger partial charge < -0.3 is 10.2 Å². The zero-order valence-corrected chi connectivity index (χ0v) is 8.71. The Hall–Kier alpha value is -0.540. The smallest absolute Gasteiger partial charge is 0.129 e. The Kier molecular flexibility index (Phi) is 2.08. The first-order valence-electron chi connectivity index (χ1n) is 4.28. The van der Waals surface area contributed by atoms with Crippen LogP contribution in [0.4, 0.5) is 0 Å². The minimum absolute atomic E-state index is 0.0176. The lowest BCUT2D eigenvalue weighted by molar-refractivity contribution is 0.255. The third-order valence-corrected chi connectivity index (χ3v) is 3.35. The molecule has 2 nitrogen and oxygen atoms in total. The number of phenolic OH excluding ortho intramolecular Hbond substituents is 1. The molecule has 0 aromatic heterocycles. The van der Waals surface area contributed by atoms with Crippen LogP contribution in [0.2, 0.25) is 0 Å². The minimum Gasteiger partial charge on any atom is -0.507 e. The number of aromatic hydroxyl groups is 1. The fourth-order valence-corrected chi connectivity index (χ4v) is 1.90. The molecule has 1 aromatic carbocycles. The molecular weight excluding hydrogens is 232 g/mol. The Labute approximate surface area is 85.3 Å². The van der Waals surface area contributed by atoms with E-state index in [2.05, 4.69) is 15.9 Å². The van der Waals surface area contributed by atoms with Crippen LogP contribution in [0, 0.1) is 0 Å². The summed E-state index contributed by atoms with van der Waals surface area (Å²) in [6.45, 7) is 0.199. The van der Waals surface area contributed by atoms with Crippen molar-refractivity contribution in [3.63, 3.8) is 0 Å². The van der Waals surface area contributed by atoms with Gasteiger partial charge in [-0.05, 0) is 46.5 Å². The highest BCUT2D eigenvalue weighted by Gasteiger charge is 2.43. The predicted octanol–water partition coefficient (Wildman–Crippen LogP) is 2.18. The SMILES string of the molecule is OCC1(c2ccc(O)c(Br)c2)CC1. The van der Waals surface area contributed by atoms with E-state index < -0.39 is 0 Å². The molecule has 0 radical (unpaired) electrons. The monoisotopic (exact) mass is 242 g/mol. The summed E-state index contributed by atoms with van der Waals surface area (Å²) in [5.41, 5.74) is 1.09. The molecule has 1 aromatic rings. The van der Waals surface area contributed by atoms with Crippen LogP contribution < -0.4 is 0 Å². The molecule has 0 spiro atoms. The van der Waals surface area contributed by atoms with Gasteiger partial charge in [0.2, 0.25) is 0 Å². The Morgan fingerprint density at radius 1 is 1.38 bits per heavy atom. The van der Waals surface area contributed by atoms with Crippen LogP contribution in [0.15, 0.2) is 22.7 Å². The first kappa shape index (κ1) is 9.03. The molecule has 2 N–H and O–H groups in total. The van der Waals surface area contributed by atoms with E-state index in [0.717, 1.165) is 18.4 Å². The van der Waals surface area contributed by atoms with Crippen molar-refractivity contribution in [3.8, 4) is 5.75 Å². The second-order valence-electron chi connectivity index (χ2n) is 3.60. The van der Waals surface area contributed by atoms with Gasteiger partial charge in [0.15, 0.2) is 0 Å². The fourth-order valence-electron chi connectivity index (χ4n) is 1.53. The van der Waals surface area contributed by atoms with Crippen LogP contribution in [0.25, 0.3) is 0 Å². The van der Waals surface area contributed by atoms with E-state index in [1.54, 1.807) is 6.07 Å². The van der Waals surface area contributed by atoms with E-state index in [9.17, 15) is 10.2 Å². The van der Waals surface area contributed by atoms with E-state index in [-0.39, 0.29) is 17.8 Å². The molecule has 1 aliphatic rings. The van der Waals surface area contributed by atoms with E-state index >= 15 is 0 Å². The van der Waals surface area contributed by atoms with Crippen molar-refractivity contribution in [2.75, 3.05) is 6.61 Å². The molecule has 0 atom stereocenters. The van der Waals surface area contributed by atoms with Gasteiger partial charge in [-0.2, -0.15) is 0 Å². The number of phenols is 1. The fraction of sp³-hybridized carbons (Fsp3) is 0.400. The summed E-state index contributed by atoms with van der Waals surface area (Å²) in [4.78, 5) is 0. The molecule has 2 rings (SSSR count). The number of aliphatic hydroxyl groups excluding tert-OH is 1. The van der Waals surface area contributed by atoms with Crippen LogP contribution in [-0.2, 0) is 5.41 Å². The number of rotatable bonds is 2. The molecule has 70 valence electrons. The highest BCUT2D eigenvalue weighted by atomic mass is 79.9. The number of hydrogen-bond donors (Lipinski definition) is 2. The first-order chi connectivity index (χ1) is 6.18. The van der Waals surface area contributed by atoms with Crippen molar-refractivity contribution in [2.45, 2.75) is 18.3 Å². The summed E-state index contributed by atoms with van der Waals surface area (Å²) in [7, 11) is 0. The zero-order valence-electron chi connectivity index (χ0n) is 7.13. The maximum Gasteiger partial charge on any atom is 0.129 e. The van der Waals surface area contributed by atoms with Crippen LogP contribution in [0.1, 0.15) is 18.4 Å². The predicted molar refractivity (Wildman–Crippen MR) is 53.8 cm³/mol. The third-order valence-electron chi connectivity index (χ3n) is 2.72. The Morgan fingerprint density at radius 3 is 2.54 bits per heavy atom. The van der Waals surface area contributed by atoms with Gasteiger partial charge in [0, 0.05) is 5.41 Å². The van der Waals surface area contributed by atoms with E-state index in [0.29, 0.717) is 4.47 Å². The van der Waals surface area contributed by atoms with Crippen molar-refractivity contribution >= 4 is 15.9 Å². The molecule has 0 unspecified atom stereocenters. The quantitative estimate of drug-likeness (QED) is 0.835. The van der Waals surface area contributed by atoms with Crippen LogP contribution in [0.3, 0.4) is 0 Å². The molecule has 1 fully saturated rings. The Bertz CT molecular complexity index is 332. The maximum absolute atomic E-state index is 9.29. The normalized spacial score (nSPS) is 18.6. The number of halogens is 1. The van der Waals surface area contributed by atoms with E-state index in [1.165, 1.54) is 0 Å². The van der Waals surface area contributed by atoms with Gasteiger partial charge in [0.1, 0.15) is 5.75 Å². The minimum atomic E-state index is -0.0176. The van der Waals surface area contributed by atoms with Gasteiger partial charge in [-0.15, -0.1) is 0 Å². The average molecular weight is 243 g/mol. The Balaban J connectivity index is 2.37. The standard InChI is InChI=1S/C10H11BrO2/c11-8-5-7(1-2-9(8)13)10(6-12)3-4-10/h1-2,5,12-13H,3-4,6H2. The number of hydrogen-bond acceptors (Lipinski definition) is 2. The Morgan fingerprint density at radius 2 is 2.08 bits per heavy atom. The summed E-state index contributed by atoms with van der Waals surface area (Å²) in [5.74, 6) is 0.248. The highest BCUT2D eigenvalue weighted by Crippen LogP contribution is 2.48. The zero-order chi connectivity index (χ0) is 9.47. The summed E-state index contributed by atoms with van der Waals surface area (Å²) in [6.07, 6.45) is 2.08. The largest absolute Gasteiger partial charge is 0.507 e. The molecule has 0 heterocycles. The lowest BCUT2D eigenvalue weighted by Crippen LogP contribution is -2.11. The lowest BCUT2D eigenvalue weighted by atomic mass is 9.97. The van der Waals surface area contributed by atoms with Crippen molar-refractivity contribution in [1.82, 2.24) is 0 Å². The van der Waals surface area contributed by atoms with E-state index in [1.807, 2.05) is 12.1 Å².